The van der Waals surface area contributed by atoms with Crippen molar-refractivity contribution in [1.29, 1.82) is 0 Å². The summed E-state index contributed by atoms with van der Waals surface area (Å²) in [6.07, 6.45) is 4.00. The summed E-state index contributed by atoms with van der Waals surface area (Å²) in [5, 5.41) is 0. The van der Waals surface area contributed by atoms with E-state index in [0.717, 1.165) is 25.7 Å². The topological polar surface area (TPSA) is 43.1 Å². The second-order valence-corrected chi connectivity index (χ2v) is 4.73. The van der Waals surface area contributed by atoms with E-state index in [1.165, 1.54) is 6.07 Å². The molecule has 2 N–H and O–H groups in total. The Morgan fingerprint density at radius 3 is 2.71 bits per heavy atom. The van der Waals surface area contributed by atoms with Crippen LogP contribution in [0.15, 0.2) is 24.3 Å². The lowest BCUT2D eigenvalue weighted by atomic mass is 9.75. The molecule has 1 aromatic rings. The third-order valence-electron chi connectivity index (χ3n) is 3.69. The van der Waals surface area contributed by atoms with Crippen LogP contribution in [0.25, 0.3) is 0 Å². The molecule has 1 saturated carbocycles. The largest absolute Gasteiger partial charge is 0.330 e. The quantitative estimate of drug-likeness (QED) is 0.819. The van der Waals surface area contributed by atoms with Gasteiger partial charge in [0.1, 0.15) is 5.82 Å². The first-order chi connectivity index (χ1) is 8.24. The number of benzene rings is 1. The first-order valence-corrected chi connectivity index (χ1v) is 6.23. The van der Waals surface area contributed by atoms with Crippen LogP contribution in [-0.2, 0) is 0 Å². The molecule has 92 valence electrons. The van der Waals surface area contributed by atoms with Crippen molar-refractivity contribution in [3.8, 4) is 0 Å². The van der Waals surface area contributed by atoms with E-state index in [-0.39, 0.29) is 23.2 Å². The Morgan fingerprint density at radius 2 is 2.00 bits per heavy atom. The molecule has 0 heterocycles. The zero-order chi connectivity index (χ0) is 12.3. The molecule has 1 fully saturated rings. The average Bonchev–Trinajstić information content (AvgIpc) is 2.38. The molecular weight excluding hydrogens is 217 g/mol. The first-order valence-electron chi connectivity index (χ1n) is 6.23. The molecule has 0 saturated heterocycles. The second-order valence-electron chi connectivity index (χ2n) is 4.73. The van der Waals surface area contributed by atoms with Crippen LogP contribution in [0.5, 0.6) is 0 Å². The zero-order valence-corrected chi connectivity index (χ0v) is 9.86. The molecule has 0 spiro atoms. The Hall–Kier alpha value is -1.22. The van der Waals surface area contributed by atoms with Crippen LogP contribution < -0.4 is 5.73 Å². The van der Waals surface area contributed by atoms with Gasteiger partial charge in [0.15, 0.2) is 5.78 Å². The maximum absolute atomic E-state index is 13.6. The summed E-state index contributed by atoms with van der Waals surface area (Å²) in [5.41, 5.74) is 5.92. The van der Waals surface area contributed by atoms with Gasteiger partial charge in [0.2, 0.25) is 0 Å². The van der Waals surface area contributed by atoms with E-state index in [1.807, 2.05) is 0 Å². The van der Waals surface area contributed by atoms with Gasteiger partial charge in [-0.05, 0) is 37.4 Å². The van der Waals surface area contributed by atoms with E-state index >= 15 is 0 Å². The van der Waals surface area contributed by atoms with Gasteiger partial charge in [-0.2, -0.15) is 0 Å². The molecule has 2 unspecified atom stereocenters. The smallest absolute Gasteiger partial charge is 0.169 e. The van der Waals surface area contributed by atoms with Crippen LogP contribution in [0.1, 0.15) is 36.0 Å². The summed E-state index contributed by atoms with van der Waals surface area (Å²) >= 11 is 0. The van der Waals surface area contributed by atoms with Gasteiger partial charge >= 0.3 is 0 Å². The third-order valence-corrected chi connectivity index (χ3v) is 3.69. The number of rotatable bonds is 3. The van der Waals surface area contributed by atoms with Crippen molar-refractivity contribution >= 4 is 5.78 Å². The van der Waals surface area contributed by atoms with Gasteiger partial charge in [-0.15, -0.1) is 0 Å². The van der Waals surface area contributed by atoms with E-state index in [1.54, 1.807) is 18.2 Å². The molecule has 3 heteroatoms. The van der Waals surface area contributed by atoms with Crippen molar-refractivity contribution in [2.24, 2.45) is 17.6 Å². The SMILES string of the molecule is NCC1CCCCC1C(=O)c1ccccc1F. The molecule has 1 aliphatic carbocycles. The number of halogens is 1. The fourth-order valence-corrected chi connectivity index (χ4v) is 2.70. The molecule has 0 bridgehead atoms. The normalized spacial score (nSPS) is 24.6. The minimum Gasteiger partial charge on any atom is -0.330 e. The summed E-state index contributed by atoms with van der Waals surface area (Å²) in [4.78, 5) is 12.3. The van der Waals surface area contributed by atoms with Crippen LogP contribution >= 0.6 is 0 Å². The van der Waals surface area contributed by atoms with Crippen LogP contribution in [0.3, 0.4) is 0 Å². The predicted molar refractivity (Wildman–Crippen MR) is 65.2 cm³/mol. The summed E-state index contributed by atoms with van der Waals surface area (Å²) in [6, 6.07) is 6.22. The first kappa shape index (κ1) is 12.2. The molecule has 2 rings (SSSR count). The highest BCUT2D eigenvalue weighted by atomic mass is 19.1. The summed E-state index contributed by atoms with van der Waals surface area (Å²) in [7, 11) is 0. The second kappa shape index (κ2) is 5.41. The van der Waals surface area contributed by atoms with Crippen LogP contribution in [0, 0.1) is 17.7 Å². The highest BCUT2D eigenvalue weighted by Crippen LogP contribution is 2.32. The Balaban J connectivity index is 2.21. The van der Waals surface area contributed by atoms with Crippen molar-refractivity contribution in [2.75, 3.05) is 6.54 Å². The Labute approximate surface area is 101 Å². The van der Waals surface area contributed by atoms with Crippen LogP contribution in [0.4, 0.5) is 4.39 Å². The number of hydrogen-bond acceptors (Lipinski definition) is 2. The molecule has 0 radical (unpaired) electrons. The van der Waals surface area contributed by atoms with Gasteiger partial charge in [-0.3, -0.25) is 4.79 Å². The Bertz CT molecular complexity index is 405. The van der Waals surface area contributed by atoms with Crippen molar-refractivity contribution in [3.63, 3.8) is 0 Å². The lowest BCUT2D eigenvalue weighted by molar-refractivity contribution is 0.0825. The van der Waals surface area contributed by atoms with E-state index in [9.17, 15) is 9.18 Å². The van der Waals surface area contributed by atoms with Gasteiger partial charge < -0.3 is 5.73 Å². The van der Waals surface area contributed by atoms with Crippen molar-refractivity contribution in [2.45, 2.75) is 25.7 Å². The molecule has 1 aliphatic rings. The maximum Gasteiger partial charge on any atom is 0.169 e. The third kappa shape index (κ3) is 2.55. The summed E-state index contributed by atoms with van der Waals surface area (Å²) < 4.78 is 13.6. The summed E-state index contributed by atoms with van der Waals surface area (Å²) in [6.45, 7) is 0.519. The van der Waals surface area contributed by atoms with Crippen molar-refractivity contribution in [3.05, 3.63) is 35.6 Å². The van der Waals surface area contributed by atoms with Gasteiger partial charge in [0.25, 0.3) is 0 Å². The number of carbonyl (C=O) groups is 1. The number of nitrogens with two attached hydrogens (primary N) is 1. The fourth-order valence-electron chi connectivity index (χ4n) is 2.70. The van der Waals surface area contributed by atoms with E-state index in [0.29, 0.717) is 6.54 Å². The molecule has 2 atom stereocenters. The molecule has 0 aromatic heterocycles. The van der Waals surface area contributed by atoms with Crippen LogP contribution in [-0.4, -0.2) is 12.3 Å². The van der Waals surface area contributed by atoms with Crippen molar-refractivity contribution < 1.29 is 9.18 Å². The highest BCUT2D eigenvalue weighted by molar-refractivity contribution is 5.98. The number of carbonyl (C=O) groups excluding carboxylic acids is 1. The zero-order valence-electron chi connectivity index (χ0n) is 9.86. The van der Waals surface area contributed by atoms with Crippen LogP contribution in [0.2, 0.25) is 0 Å². The lowest BCUT2D eigenvalue weighted by Gasteiger charge is -2.29. The van der Waals surface area contributed by atoms with E-state index in [2.05, 4.69) is 0 Å². The van der Waals surface area contributed by atoms with E-state index < -0.39 is 5.82 Å². The average molecular weight is 235 g/mol. The number of Topliss-reactive ketones (excluding diaryl/α,β-unsaturated/α-hetero) is 1. The fraction of sp³-hybridized carbons (Fsp3) is 0.500. The summed E-state index contributed by atoms with van der Waals surface area (Å²) in [5.74, 6) is -0.362. The van der Waals surface area contributed by atoms with Gasteiger partial charge in [-0.25, -0.2) is 4.39 Å². The molecule has 0 amide bonds. The molecule has 0 aliphatic heterocycles. The molecule has 2 nitrogen and oxygen atoms in total. The Kier molecular flexibility index (Phi) is 3.89. The Morgan fingerprint density at radius 1 is 1.29 bits per heavy atom. The minimum atomic E-state index is -0.418. The molecule has 17 heavy (non-hydrogen) atoms. The lowest BCUT2D eigenvalue weighted by Crippen LogP contribution is -2.32. The van der Waals surface area contributed by atoms with Gasteiger partial charge in [0, 0.05) is 5.92 Å². The predicted octanol–water partition coefficient (Wildman–Crippen LogP) is 2.77. The maximum atomic E-state index is 13.6. The molecule has 1 aromatic carbocycles. The minimum absolute atomic E-state index is 0.0711. The monoisotopic (exact) mass is 235 g/mol. The molecular formula is C14H18FNO. The standard InChI is InChI=1S/C14H18FNO/c15-13-8-4-3-7-12(13)14(17)11-6-2-1-5-10(11)9-16/h3-4,7-8,10-11H,1-2,5-6,9,16H2. The number of ketones is 1. The van der Waals surface area contributed by atoms with E-state index in [4.69, 9.17) is 5.73 Å². The van der Waals surface area contributed by atoms with Crippen molar-refractivity contribution in [1.82, 2.24) is 0 Å². The highest BCUT2D eigenvalue weighted by Gasteiger charge is 2.31. The number of hydrogen-bond donors (Lipinski definition) is 1. The van der Waals surface area contributed by atoms with Gasteiger partial charge in [-0.1, -0.05) is 25.0 Å². The van der Waals surface area contributed by atoms with Gasteiger partial charge in [0.05, 0.1) is 5.56 Å².